The van der Waals surface area contributed by atoms with Gasteiger partial charge in [-0.2, -0.15) is 18.3 Å². The van der Waals surface area contributed by atoms with Crippen molar-refractivity contribution in [1.82, 2.24) is 15.0 Å². The summed E-state index contributed by atoms with van der Waals surface area (Å²) in [5.74, 6) is -0.772. The molecule has 3 heterocycles. The van der Waals surface area contributed by atoms with Crippen molar-refractivity contribution in [2.45, 2.75) is 76.7 Å². The molecule has 1 saturated heterocycles. The molecule has 0 aromatic carbocycles. The van der Waals surface area contributed by atoms with Gasteiger partial charge in [0.15, 0.2) is 0 Å². The van der Waals surface area contributed by atoms with Gasteiger partial charge in [-0.25, -0.2) is 9.97 Å². The molecule has 2 aliphatic heterocycles. The Morgan fingerprint density at radius 2 is 1.92 bits per heavy atom. The molecule has 196 valence electrons. The molecule has 1 aliphatic carbocycles. The highest BCUT2D eigenvalue weighted by atomic mass is 19.4. The van der Waals surface area contributed by atoms with E-state index in [0.29, 0.717) is 12.2 Å². The number of piperidine rings is 1. The van der Waals surface area contributed by atoms with Crippen LogP contribution >= 0.6 is 0 Å². The van der Waals surface area contributed by atoms with E-state index in [9.17, 15) is 23.1 Å². The number of aromatic nitrogens is 2. The van der Waals surface area contributed by atoms with Gasteiger partial charge in [0.2, 0.25) is 5.95 Å². The van der Waals surface area contributed by atoms with Crippen LogP contribution in [0.2, 0.25) is 0 Å². The standard InChI is InChI=1S/C25H32F3N5O3/c1-3-4-17-14-29-24(30-15-17)32-11-9-20(10-12-32)36-19-7-5-18(6-8-19)33-21(13-22(34)35)16(2)23(31-33)25(26,27)28/h5,7-8,14-16,18,20-21H,3-4,6,9-13H2,1-2H3,(H,34,35)/t16-,18?,21-/m0/s1. The van der Waals surface area contributed by atoms with Crippen LogP contribution in [0.15, 0.2) is 41.5 Å². The number of aryl methyl sites for hydroxylation is 1. The van der Waals surface area contributed by atoms with Crippen molar-refractivity contribution >= 4 is 17.6 Å². The molecule has 0 spiro atoms. The zero-order chi connectivity index (χ0) is 25.9. The highest BCUT2D eigenvalue weighted by Crippen LogP contribution is 2.36. The van der Waals surface area contributed by atoms with E-state index in [2.05, 4.69) is 26.9 Å². The third-order valence-electron chi connectivity index (χ3n) is 6.89. The number of alkyl halides is 3. The van der Waals surface area contributed by atoms with E-state index < -0.39 is 42.3 Å². The second-order valence-corrected chi connectivity index (χ2v) is 9.53. The summed E-state index contributed by atoms with van der Waals surface area (Å²) in [6.45, 7) is 5.05. The summed E-state index contributed by atoms with van der Waals surface area (Å²) in [5.41, 5.74) is 0.204. The summed E-state index contributed by atoms with van der Waals surface area (Å²) in [4.78, 5) is 22.4. The number of aliphatic carboxylic acids is 1. The van der Waals surface area contributed by atoms with E-state index in [1.165, 1.54) is 11.9 Å². The zero-order valence-electron chi connectivity index (χ0n) is 20.5. The lowest BCUT2D eigenvalue weighted by atomic mass is 9.93. The van der Waals surface area contributed by atoms with Crippen LogP contribution in [0.5, 0.6) is 0 Å². The first-order valence-electron chi connectivity index (χ1n) is 12.4. The molecule has 3 atom stereocenters. The Hall–Kier alpha value is -3.11. The number of halogens is 3. The van der Waals surface area contributed by atoms with E-state index in [1.807, 2.05) is 18.5 Å². The van der Waals surface area contributed by atoms with Crippen molar-refractivity contribution in [3.8, 4) is 0 Å². The van der Waals surface area contributed by atoms with Crippen LogP contribution < -0.4 is 4.90 Å². The maximum absolute atomic E-state index is 13.4. The molecule has 8 nitrogen and oxygen atoms in total. The molecule has 11 heteroatoms. The summed E-state index contributed by atoms with van der Waals surface area (Å²) in [6.07, 6.45) is 8.14. The Kier molecular flexibility index (Phi) is 7.85. The second-order valence-electron chi connectivity index (χ2n) is 9.53. The van der Waals surface area contributed by atoms with Gasteiger partial charge in [-0.1, -0.05) is 26.3 Å². The molecular formula is C25H32F3N5O3. The predicted molar refractivity (Wildman–Crippen MR) is 129 cm³/mol. The van der Waals surface area contributed by atoms with Gasteiger partial charge >= 0.3 is 12.1 Å². The molecule has 1 N–H and O–H groups in total. The Morgan fingerprint density at radius 3 is 2.47 bits per heavy atom. The average molecular weight is 508 g/mol. The molecular weight excluding hydrogens is 475 g/mol. The second kappa shape index (κ2) is 10.9. The smallest absolute Gasteiger partial charge is 0.431 e. The molecule has 0 radical (unpaired) electrons. The number of allylic oxidation sites excluding steroid dienone is 1. The van der Waals surface area contributed by atoms with Crippen molar-refractivity contribution in [3.63, 3.8) is 0 Å². The van der Waals surface area contributed by atoms with Gasteiger partial charge in [0.05, 0.1) is 18.5 Å². The number of rotatable bonds is 8. The van der Waals surface area contributed by atoms with E-state index >= 15 is 0 Å². The number of hydrazone groups is 1. The molecule has 1 aromatic rings. The Morgan fingerprint density at radius 1 is 1.22 bits per heavy atom. The summed E-state index contributed by atoms with van der Waals surface area (Å²) in [5, 5.41) is 14.3. The molecule has 1 unspecified atom stereocenters. The lowest BCUT2D eigenvalue weighted by Crippen LogP contribution is -2.41. The van der Waals surface area contributed by atoms with Gasteiger partial charge in [0.25, 0.3) is 0 Å². The minimum absolute atomic E-state index is 0.0227. The quantitative estimate of drug-likeness (QED) is 0.560. The van der Waals surface area contributed by atoms with Gasteiger partial charge < -0.3 is 14.7 Å². The number of carboxylic acids is 1. The van der Waals surface area contributed by atoms with Crippen LogP contribution in [0.4, 0.5) is 19.1 Å². The predicted octanol–water partition coefficient (Wildman–Crippen LogP) is 4.34. The highest BCUT2D eigenvalue weighted by molar-refractivity contribution is 5.93. The molecule has 1 fully saturated rings. The van der Waals surface area contributed by atoms with E-state index in [4.69, 9.17) is 4.74 Å². The van der Waals surface area contributed by atoms with Crippen LogP contribution in [-0.4, -0.2) is 69.2 Å². The Bertz CT molecular complexity index is 1020. The van der Waals surface area contributed by atoms with Crippen molar-refractivity contribution in [2.24, 2.45) is 11.0 Å². The van der Waals surface area contributed by atoms with Crippen LogP contribution in [0, 0.1) is 5.92 Å². The van der Waals surface area contributed by atoms with Crippen molar-refractivity contribution in [2.75, 3.05) is 18.0 Å². The number of hydrogen-bond acceptors (Lipinski definition) is 7. The monoisotopic (exact) mass is 507 g/mol. The fourth-order valence-electron chi connectivity index (χ4n) is 4.95. The molecule has 0 amide bonds. The Labute approximate surface area is 208 Å². The molecule has 3 aliphatic rings. The molecule has 4 rings (SSSR count). The maximum atomic E-state index is 13.4. The number of carbonyl (C=O) groups is 1. The molecule has 36 heavy (non-hydrogen) atoms. The van der Waals surface area contributed by atoms with Gasteiger partial charge in [-0.3, -0.25) is 9.80 Å². The van der Waals surface area contributed by atoms with Crippen molar-refractivity contribution < 1.29 is 27.8 Å². The van der Waals surface area contributed by atoms with Crippen molar-refractivity contribution in [3.05, 3.63) is 41.9 Å². The molecule has 1 aromatic heterocycles. The number of nitrogens with zero attached hydrogens (tertiary/aromatic N) is 5. The van der Waals surface area contributed by atoms with E-state index in [0.717, 1.165) is 50.3 Å². The minimum Gasteiger partial charge on any atom is -0.491 e. The van der Waals surface area contributed by atoms with Crippen LogP contribution in [0.25, 0.3) is 0 Å². The lowest BCUT2D eigenvalue weighted by Gasteiger charge is -2.34. The maximum Gasteiger partial charge on any atom is 0.431 e. The van der Waals surface area contributed by atoms with E-state index in [1.54, 1.807) is 12.2 Å². The summed E-state index contributed by atoms with van der Waals surface area (Å²) >= 11 is 0. The number of carboxylic acid groups (broad SMARTS) is 1. The van der Waals surface area contributed by atoms with Crippen LogP contribution in [-0.2, 0) is 16.0 Å². The first kappa shape index (κ1) is 26.0. The number of hydrogen-bond donors (Lipinski definition) is 1. The van der Waals surface area contributed by atoms with Crippen LogP contribution in [0.1, 0.15) is 51.5 Å². The summed E-state index contributed by atoms with van der Waals surface area (Å²) in [7, 11) is 0. The van der Waals surface area contributed by atoms with E-state index in [-0.39, 0.29) is 6.10 Å². The fourth-order valence-corrected chi connectivity index (χ4v) is 4.95. The minimum atomic E-state index is -4.59. The largest absolute Gasteiger partial charge is 0.491 e. The van der Waals surface area contributed by atoms with Gasteiger partial charge in [-0.15, -0.1) is 0 Å². The first-order valence-corrected chi connectivity index (χ1v) is 12.4. The number of anilines is 1. The van der Waals surface area contributed by atoms with Crippen LogP contribution in [0.3, 0.4) is 0 Å². The normalized spacial score (nSPS) is 25.1. The van der Waals surface area contributed by atoms with Gasteiger partial charge in [0, 0.05) is 44.2 Å². The fraction of sp³-hybridized carbons (Fsp3) is 0.600. The Balaban J connectivity index is 1.31. The molecule has 0 bridgehead atoms. The molecule has 0 saturated carbocycles. The highest BCUT2D eigenvalue weighted by Gasteiger charge is 2.49. The lowest BCUT2D eigenvalue weighted by molar-refractivity contribution is -0.138. The number of ether oxygens (including phenoxy) is 1. The SMILES string of the molecule is CCCc1cnc(N2CCC(OC3=CCC(N4N=C(C(F)(F)F)[C@@H](C)[C@@H]4CC(=O)O)C=C3)CC2)nc1. The van der Waals surface area contributed by atoms with Gasteiger partial charge in [0.1, 0.15) is 17.6 Å². The van der Waals surface area contributed by atoms with Crippen molar-refractivity contribution in [1.29, 1.82) is 0 Å². The van der Waals surface area contributed by atoms with Gasteiger partial charge in [-0.05, 0) is 30.6 Å². The summed E-state index contributed by atoms with van der Waals surface area (Å²) in [6, 6.07) is -1.31. The third-order valence-corrected chi connectivity index (χ3v) is 6.89. The first-order chi connectivity index (χ1) is 17.2. The summed E-state index contributed by atoms with van der Waals surface area (Å²) < 4.78 is 46.4. The average Bonchev–Trinajstić information content (AvgIpc) is 3.17. The zero-order valence-corrected chi connectivity index (χ0v) is 20.5. The third kappa shape index (κ3) is 5.99. The topological polar surface area (TPSA) is 91.2 Å².